The number of nitrogens with one attached hydrogen (secondary N) is 1. The summed E-state index contributed by atoms with van der Waals surface area (Å²) >= 11 is 0. The molecule has 0 radical (unpaired) electrons. The van der Waals surface area contributed by atoms with Crippen LogP contribution in [-0.4, -0.2) is 56.3 Å². The van der Waals surface area contributed by atoms with Gasteiger partial charge in [0.25, 0.3) is 0 Å². The third-order valence-electron chi connectivity index (χ3n) is 3.29. The van der Waals surface area contributed by atoms with E-state index in [1.807, 2.05) is 42.2 Å². The van der Waals surface area contributed by atoms with Crippen LogP contribution in [0.2, 0.25) is 0 Å². The molecular weight excluding hydrogens is 256 g/mol. The lowest BCUT2D eigenvalue weighted by atomic mass is 10.2. The van der Waals surface area contributed by atoms with Gasteiger partial charge in [-0.1, -0.05) is 18.2 Å². The molecule has 1 aromatic carbocycles. The number of rotatable bonds is 6. The molecular formula is C15H22N2O3. The third kappa shape index (κ3) is 4.51. The molecule has 1 aromatic rings. The smallest absolute Gasteiger partial charge is 0.248 e. The lowest BCUT2D eigenvalue weighted by Crippen LogP contribution is -2.53. The molecule has 1 heterocycles. The van der Waals surface area contributed by atoms with Crippen molar-refractivity contribution in [3.8, 4) is 5.75 Å². The number of hydrogen-bond donors (Lipinski definition) is 1. The van der Waals surface area contributed by atoms with Gasteiger partial charge in [-0.05, 0) is 19.1 Å². The van der Waals surface area contributed by atoms with Gasteiger partial charge >= 0.3 is 0 Å². The van der Waals surface area contributed by atoms with E-state index in [0.717, 1.165) is 25.4 Å². The Morgan fingerprint density at radius 2 is 2.15 bits per heavy atom. The molecule has 0 saturated carbocycles. The summed E-state index contributed by atoms with van der Waals surface area (Å²) in [5, 5.41) is 3.26. The van der Waals surface area contributed by atoms with Crippen LogP contribution in [-0.2, 0) is 9.53 Å². The first kappa shape index (κ1) is 14.8. The number of para-hydroxylation sites is 1. The van der Waals surface area contributed by atoms with Gasteiger partial charge in [0.1, 0.15) is 19.0 Å². The van der Waals surface area contributed by atoms with Crippen molar-refractivity contribution in [1.82, 2.24) is 10.2 Å². The van der Waals surface area contributed by atoms with E-state index < -0.39 is 0 Å². The van der Waals surface area contributed by atoms with Crippen molar-refractivity contribution in [3.63, 3.8) is 0 Å². The Bertz CT molecular complexity index is 411. The number of nitrogens with zero attached hydrogens (tertiary/aromatic N) is 1. The highest BCUT2D eigenvalue weighted by Crippen LogP contribution is 2.07. The van der Waals surface area contributed by atoms with E-state index in [1.54, 1.807) is 0 Å². The van der Waals surface area contributed by atoms with Crippen molar-refractivity contribution in [2.75, 3.05) is 39.5 Å². The summed E-state index contributed by atoms with van der Waals surface area (Å²) in [5.74, 6) is 0.872. The molecule has 5 heteroatoms. The van der Waals surface area contributed by atoms with Crippen molar-refractivity contribution in [2.24, 2.45) is 0 Å². The number of piperazine rings is 1. The fourth-order valence-corrected chi connectivity index (χ4v) is 2.19. The van der Waals surface area contributed by atoms with Crippen LogP contribution in [0.3, 0.4) is 0 Å². The fourth-order valence-electron chi connectivity index (χ4n) is 2.19. The van der Waals surface area contributed by atoms with E-state index in [4.69, 9.17) is 9.47 Å². The SMILES string of the molecule is C[C@H]1CNCCN1C(=O)COCCOc1ccccc1. The molecule has 1 fully saturated rings. The monoisotopic (exact) mass is 278 g/mol. The highest BCUT2D eigenvalue weighted by atomic mass is 16.5. The van der Waals surface area contributed by atoms with Gasteiger partial charge < -0.3 is 19.7 Å². The van der Waals surface area contributed by atoms with Crippen LogP contribution >= 0.6 is 0 Å². The van der Waals surface area contributed by atoms with E-state index in [1.165, 1.54) is 0 Å². The normalized spacial score (nSPS) is 18.9. The lowest BCUT2D eigenvalue weighted by Gasteiger charge is -2.33. The standard InChI is InChI=1S/C15H22N2O3/c1-13-11-16-7-8-17(13)15(18)12-19-9-10-20-14-5-3-2-4-6-14/h2-6,13,16H,7-12H2,1H3/t13-/m0/s1. The number of carbonyl (C=O) groups is 1. The van der Waals surface area contributed by atoms with Gasteiger partial charge in [-0.2, -0.15) is 0 Å². The summed E-state index contributed by atoms with van der Waals surface area (Å²) in [7, 11) is 0. The largest absolute Gasteiger partial charge is 0.491 e. The highest BCUT2D eigenvalue weighted by molar-refractivity contribution is 5.77. The molecule has 5 nitrogen and oxygen atoms in total. The Kier molecular flexibility index (Phi) is 5.83. The molecule has 0 bridgehead atoms. The first-order valence-electron chi connectivity index (χ1n) is 7.03. The zero-order valence-electron chi connectivity index (χ0n) is 11.9. The summed E-state index contributed by atoms with van der Waals surface area (Å²) in [4.78, 5) is 13.8. The summed E-state index contributed by atoms with van der Waals surface area (Å²) in [5.41, 5.74) is 0. The molecule has 1 saturated heterocycles. The molecule has 0 unspecified atom stereocenters. The molecule has 20 heavy (non-hydrogen) atoms. The van der Waals surface area contributed by atoms with Gasteiger partial charge in [0.15, 0.2) is 0 Å². The van der Waals surface area contributed by atoms with Gasteiger partial charge in [0, 0.05) is 25.7 Å². The Labute approximate surface area is 119 Å². The summed E-state index contributed by atoms with van der Waals surface area (Å²) in [6.45, 7) is 5.50. The van der Waals surface area contributed by atoms with Gasteiger partial charge in [0.05, 0.1) is 6.61 Å². The average Bonchev–Trinajstić information content (AvgIpc) is 2.48. The van der Waals surface area contributed by atoms with Gasteiger partial charge in [-0.15, -0.1) is 0 Å². The zero-order chi connectivity index (χ0) is 14.2. The number of ether oxygens (including phenoxy) is 2. The van der Waals surface area contributed by atoms with Crippen molar-refractivity contribution >= 4 is 5.91 Å². The molecule has 1 aliphatic heterocycles. The van der Waals surface area contributed by atoms with Gasteiger partial charge in [-0.25, -0.2) is 0 Å². The third-order valence-corrected chi connectivity index (χ3v) is 3.29. The Balaban J connectivity index is 1.59. The van der Waals surface area contributed by atoms with Crippen molar-refractivity contribution in [3.05, 3.63) is 30.3 Å². The maximum absolute atomic E-state index is 12.0. The topological polar surface area (TPSA) is 50.8 Å². The minimum Gasteiger partial charge on any atom is -0.491 e. The molecule has 0 aromatic heterocycles. The van der Waals surface area contributed by atoms with Crippen LogP contribution in [0.1, 0.15) is 6.92 Å². The molecule has 110 valence electrons. The van der Waals surface area contributed by atoms with Crippen molar-refractivity contribution in [2.45, 2.75) is 13.0 Å². The second-order valence-electron chi connectivity index (χ2n) is 4.85. The maximum atomic E-state index is 12.0. The predicted molar refractivity (Wildman–Crippen MR) is 76.8 cm³/mol. The van der Waals surface area contributed by atoms with Crippen LogP contribution in [0.25, 0.3) is 0 Å². The average molecular weight is 278 g/mol. The van der Waals surface area contributed by atoms with Crippen LogP contribution < -0.4 is 10.1 Å². The van der Waals surface area contributed by atoms with Crippen LogP contribution in [0.4, 0.5) is 0 Å². The predicted octanol–water partition coefficient (Wildman–Crippen LogP) is 0.902. The lowest BCUT2D eigenvalue weighted by molar-refractivity contribution is -0.139. The quantitative estimate of drug-likeness (QED) is 0.786. The van der Waals surface area contributed by atoms with E-state index in [-0.39, 0.29) is 18.6 Å². The molecule has 1 N–H and O–H groups in total. The van der Waals surface area contributed by atoms with Crippen LogP contribution in [0.5, 0.6) is 5.75 Å². The molecule has 1 amide bonds. The van der Waals surface area contributed by atoms with E-state index in [2.05, 4.69) is 5.32 Å². The molecule has 0 aliphatic carbocycles. The van der Waals surface area contributed by atoms with E-state index in [9.17, 15) is 4.79 Å². The summed E-state index contributed by atoms with van der Waals surface area (Å²) in [6, 6.07) is 9.81. The minimum absolute atomic E-state index is 0.0544. The Morgan fingerprint density at radius 3 is 2.90 bits per heavy atom. The van der Waals surface area contributed by atoms with Gasteiger partial charge in [-0.3, -0.25) is 4.79 Å². The first-order chi connectivity index (χ1) is 9.77. The number of hydrogen-bond acceptors (Lipinski definition) is 4. The summed E-state index contributed by atoms with van der Waals surface area (Å²) in [6.07, 6.45) is 0. The number of carbonyl (C=O) groups excluding carboxylic acids is 1. The number of amides is 1. The molecule has 0 spiro atoms. The van der Waals surface area contributed by atoms with Crippen LogP contribution in [0, 0.1) is 0 Å². The Hall–Kier alpha value is -1.59. The first-order valence-corrected chi connectivity index (χ1v) is 7.03. The number of benzene rings is 1. The molecule has 2 rings (SSSR count). The fraction of sp³-hybridized carbons (Fsp3) is 0.533. The molecule has 1 aliphatic rings. The summed E-state index contributed by atoms with van der Waals surface area (Å²) < 4.78 is 10.9. The maximum Gasteiger partial charge on any atom is 0.248 e. The van der Waals surface area contributed by atoms with Crippen LogP contribution in [0.15, 0.2) is 30.3 Å². The Morgan fingerprint density at radius 1 is 1.35 bits per heavy atom. The zero-order valence-corrected chi connectivity index (χ0v) is 11.9. The van der Waals surface area contributed by atoms with Gasteiger partial charge in [0.2, 0.25) is 5.91 Å². The van der Waals surface area contributed by atoms with Crippen molar-refractivity contribution < 1.29 is 14.3 Å². The molecule has 1 atom stereocenters. The highest BCUT2D eigenvalue weighted by Gasteiger charge is 2.22. The minimum atomic E-state index is 0.0544. The van der Waals surface area contributed by atoms with Crippen molar-refractivity contribution in [1.29, 1.82) is 0 Å². The second kappa shape index (κ2) is 7.87. The second-order valence-corrected chi connectivity index (χ2v) is 4.85. The van der Waals surface area contributed by atoms with E-state index in [0.29, 0.717) is 13.2 Å². The van der Waals surface area contributed by atoms with E-state index >= 15 is 0 Å².